The third-order valence-electron chi connectivity index (χ3n) is 0.556. The van der Waals surface area contributed by atoms with E-state index in [1.807, 2.05) is 0 Å². The predicted octanol–water partition coefficient (Wildman–Crippen LogP) is 1.72. The summed E-state index contributed by atoms with van der Waals surface area (Å²) in [6.07, 6.45) is 1.69. The molecule has 0 atom stereocenters. The quantitative estimate of drug-likeness (QED) is 0.415. The van der Waals surface area contributed by atoms with Gasteiger partial charge in [0.15, 0.2) is 0 Å². The first kappa shape index (κ1) is 7.95. The highest BCUT2D eigenvalue weighted by Gasteiger charge is 1.73. The molecule has 0 N–H and O–H groups in total. The molecule has 0 radical (unpaired) electrons. The van der Waals surface area contributed by atoms with Gasteiger partial charge in [-0.05, 0) is 0 Å². The van der Waals surface area contributed by atoms with Crippen LogP contribution in [0, 0.1) is 0 Å². The summed E-state index contributed by atoms with van der Waals surface area (Å²) < 4.78 is 4.93. The Bertz CT molecular complexity index is 58.4. The van der Waals surface area contributed by atoms with Gasteiger partial charge >= 0.3 is 0 Å². The van der Waals surface area contributed by atoms with Gasteiger partial charge in [-0.25, -0.2) is 0 Å². The van der Waals surface area contributed by atoms with Gasteiger partial charge in [-0.1, -0.05) is 6.08 Å². The average molecular weight is 135 g/mol. The van der Waals surface area contributed by atoms with E-state index in [0.717, 1.165) is 0 Å². The highest BCUT2D eigenvalue weighted by molar-refractivity contribution is 6.24. The van der Waals surface area contributed by atoms with Crippen LogP contribution in [0.25, 0.3) is 4.84 Å². The molecule has 2 nitrogen and oxygen atoms in total. The second-order valence-corrected chi connectivity index (χ2v) is 1.45. The molecule has 0 spiro atoms. The van der Waals surface area contributed by atoms with Crippen molar-refractivity contribution < 1.29 is 4.74 Å². The van der Waals surface area contributed by atoms with Gasteiger partial charge in [0.1, 0.15) is 0 Å². The van der Waals surface area contributed by atoms with Crippen molar-refractivity contribution in [2.75, 3.05) is 19.8 Å². The average Bonchev–Trinajstić information content (AvgIpc) is 1.81. The molecule has 3 heteroatoms. The lowest BCUT2D eigenvalue weighted by Crippen LogP contribution is -1.96. The van der Waals surface area contributed by atoms with E-state index >= 15 is 0 Å². The molecule has 0 bridgehead atoms. The number of hydrogen-bond donors (Lipinski definition) is 0. The summed E-state index contributed by atoms with van der Waals surface area (Å²) in [7, 11) is 0. The smallest absolute Gasteiger partial charge is 0.0643 e. The molecule has 48 valence electrons. The lowest BCUT2D eigenvalue weighted by Gasteiger charge is -2.06. The second-order valence-electron chi connectivity index (χ2n) is 1.21. The largest absolute Gasteiger partial charge is 0.573 e. The van der Waals surface area contributed by atoms with Crippen molar-refractivity contribution in [1.82, 2.24) is 0 Å². The van der Waals surface area contributed by atoms with E-state index in [2.05, 4.69) is 11.4 Å². The first-order valence-corrected chi connectivity index (χ1v) is 2.72. The first-order chi connectivity index (χ1) is 3.91. The third-order valence-corrected chi connectivity index (χ3v) is 0.725. The van der Waals surface area contributed by atoms with E-state index in [9.17, 15) is 0 Å². The zero-order chi connectivity index (χ0) is 6.24. The standard InChI is InChI=1S/C5H9ClNO/c1-2-4-8-5-3-7-6/h2H,1,3-5H2/q-1. The van der Waals surface area contributed by atoms with E-state index in [0.29, 0.717) is 19.8 Å². The molecule has 0 aromatic heterocycles. The van der Waals surface area contributed by atoms with Crippen molar-refractivity contribution in [3.8, 4) is 0 Å². The fourth-order valence-corrected chi connectivity index (χ4v) is 0.335. The van der Waals surface area contributed by atoms with Crippen molar-refractivity contribution in [3.63, 3.8) is 0 Å². The minimum absolute atomic E-state index is 0.551. The molecule has 0 aliphatic rings. The molecule has 0 aromatic carbocycles. The fraction of sp³-hybridized carbons (Fsp3) is 0.600. The molecule has 0 heterocycles. The predicted molar refractivity (Wildman–Crippen MR) is 35.1 cm³/mol. The normalized spacial score (nSPS) is 9.12. The number of rotatable bonds is 5. The number of halogens is 1. The molecule has 0 unspecified atom stereocenters. The SMILES string of the molecule is C=CCOCC[N-]Cl. The maximum Gasteiger partial charge on any atom is 0.0643 e. The molecule has 0 aliphatic carbocycles. The summed E-state index contributed by atoms with van der Waals surface area (Å²) in [4.78, 5) is 3.32. The molecule has 8 heavy (non-hydrogen) atoms. The molecule has 0 saturated carbocycles. The summed E-state index contributed by atoms with van der Waals surface area (Å²) in [5.41, 5.74) is 0. The van der Waals surface area contributed by atoms with Crippen LogP contribution in [0.2, 0.25) is 0 Å². The van der Waals surface area contributed by atoms with Crippen LogP contribution >= 0.6 is 11.8 Å². The van der Waals surface area contributed by atoms with Crippen molar-refractivity contribution in [3.05, 3.63) is 17.5 Å². The summed E-state index contributed by atoms with van der Waals surface area (Å²) in [5, 5.41) is 0. The van der Waals surface area contributed by atoms with E-state index < -0.39 is 0 Å². The highest BCUT2D eigenvalue weighted by atomic mass is 35.5. The van der Waals surface area contributed by atoms with Crippen LogP contribution in [0.3, 0.4) is 0 Å². The zero-order valence-electron chi connectivity index (χ0n) is 4.64. The van der Waals surface area contributed by atoms with Gasteiger partial charge < -0.3 is 9.57 Å². The molecular formula is C5H9ClNO-. The monoisotopic (exact) mass is 134 g/mol. The molecule has 0 amide bonds. The molecular weight excluding hydrogens is 126 g/mol. The molecule has 0 fully saturated rings. The Morgan fingerprint density at radius 2 is 2.50 bits per heavy atom. The van der Waals surface area contributed by atoms with Gasteiger partial charge in [0.25, 0.3) is 0 Å². The van der Waals surface area contributed by atoms with Crippen LogP contribution in [0.5, 0.6) is 0 Å². The molecule has 0 rings (SSSR count). The van der Waals surface area contributed by atoms with Crippen molar-refractivity contribution in [2.24, 2.45) is 0 Å². The second kappa shape index (κ2) is 6.95. The molecule has 0 aromatic rings. The van der Waals surface area contributed by atoms with Gasteiger partial charge in [-0.15, -0.1) is 13.1 Å². The maximum absolute atomic E-state index is 5.00. The molecule has 0 aliphatic heterocycles. The van der Waals surface area contributed by atoms with Crippen molar-refractivity contribution >= 4 is 11.8 Å². The first-order valence-electron chi connectivity index (χ1n) is 2.38. The van der Waals surface area contributed by atoms with Crippen LogP contribution in [-0.4, -0.2) is 19.8 Å². The number of hydrogen-bond acceptors (Lipinski definition) is 1. The van der Waals surface area contributed by atoms with E-state index in [1.54, 1.807) is 6.08 Å². The number of nitrogens with zero attached hydrogens (tertiary/aromatic N) is 1. The Kier molecular flexibility index (Phi) is 6.91. The Morgan fingerprint density at radius 3 is 3.00 bits per heavy atom. The molecule has 0 saturated heterocycles. The Balaban J connectivity index is 2.62. The lowest BCUT2D eigenvalue weighted by molar-refractivity contribution is 0.175. The van der Waals surface area contributed by atoms with Crippen LogP contribution in [0.4, 0.5) is 0 Å². The Labute approximate surface area is 54.6 Å². The summed E-state index contributed by atoms with van der Waals surface area (Å²) in [6.45, 7) is 5.18. The maximum atomic E-state index is 5.00. The van der Waals surface area contributed by atoms with E-state index in [4.69, 9.17) is 16.5 Å². The zero-order valence-corrected chi connectivity index (χ0v) is 5.40. The minimum Gasteiger partial charge on any atom is -0.573 e. The fourth-order valence-electron chi connectivity index (χ4n) is 0.266. The van der Waals surface area contributed by atoms with Crippen LogP contribution < -0.4 is 0 Å². The Morgan fingerprint density at radius 1 is 1.75 bits per heavy atom. The van der Waals surface area contributed by atoms with Crippen LogP contribution in [-0.2, 0) is 4.74 Å². The lowest BCUT2D eigenvalue weighted by atomic mass is 10.7. The minimum atomic E-state index is 0.551. The van der Waals surface area contributed by atoms with E-state index in [-0.39, 0.29) is 0 Å². The van der Waals surface area contributed by atoms with Gasteiger partial charge in [-0.2, -0.15) is 0 Å². The van der Waals surface area contributed by atoms with Gasteiger partial charge in [-0.3, -0.25) is 11.8 Å². The Hall–Kier alpha value is -0.0500. The number of ether oxygens (including phenoxy) is 1. The van der Waals surface area contributed by atoms with Gasteiger partial charge in [0.05, 0.1) is 6.61 Å². The van der Waals surface area contributed by atoms with Gasteiger partial charge in [0, 0.05) is 6.61 Å². The van der Waals surface area contributed by atoms with Crippen molar-refractivity contribution in [1.29, 1.82) is 0 Å². The highest BCUT2D eigenvalue weighted by Crippen LogP contribution is 1.89. The van der Waals surface area contributed by atoms with E-state index in [1.165, 1.54) is 0 Å². The third kappa shape index (κ3) is 5.95. The summed E-state index contributed by atoms with van der Waals surface area (Å²) >= 11 is 5.00. The van der Waals surface area contributed by atoms with Gasteiger partial charge in [0.2, 0.25) is 0 Å². The van der Waals surface area contributed by atoms with Crippen LogP contribution in [0.1, 0.15) is 0 Å². The van der Waals surface area contributed by atoms with Crippen molar-refractivity contribution in [2.45, 2.75) is 0 Å². The summed E-state index contributed by atoms with van der Waals surface area (Å²) in [6, 6.07) is 0. The van der Waals surface area contributed by atoms with Crippen LogP contribution in [0.15, 0.2) is 12.7 Å². The summed E-state index contributed by atoms with van der Waals surface area (Å²) in [5.74, 6) is 0. The topological polar surface area (TPSA) is 23.3 Å².